The van der Waals surface area contributed by atoms with Gasteiger partial charge in [0, 0.05) is 20.6 Å². The number of imidazole rings is 1. The fourth-order valence-electron chi connectivity index (χ4n) is 2.12. The number of nitrogens with zero attached hydrogens (tertiary/aromatic N) is 3. The summed E-state index contributed by atoms with van der Waals surface area (Å²) in [5.74, 6) is -0.0754. The summed E-state index contributed by atoms with van der Waals surface area (Å²) in [6.45, 7) is 3.97. The molecule has 0 spiro atoms. The van der Waals surface area contributed by atoms with Gasteiger partial charge >= 0.3 is 0 Å². The number of benzene rings is 1. The molecule has 5 heteroatoms. The molecule has 0 bridgehead atoms. The summed E-state index contributed by atoms with van der Waals surface area (Å²) in [4.78, 5) is 18.0. The zero-order valence-electron chi connectivity index (χ0n) is 11.8. The zero-order chi connectivity index (χ0) is 14.2. The molecule has 2 N–H and O–H groups in total. The SMILES string of the molecule is CN(Cc1ccc2c(c1)ncn2C)C(=O)C(C)(C)N. The number of hydrogen-bond donors (Lipinski definition) is 1. The van der Waals surface area contributed by atoms with Gasteiger partial charge in [0.2, 0.25) is 5.91 Å². The number of hydrogen-bond acceptors (Lipinski definition) is 3. The van der Waals surface area contributed by atoms with E-state index >= 15 is 0 Å². The van der Waals surface area contributed by atoms with Crippen LogP contribution in [0.15, 0.2) is 24.5 Å². The van der Waals surface area contributed by atoms with Gasteiger partial charge in [-0.25, -0.2) is 4.98 Å². The molecule has 0 fully saturated rings. The molecule has 0 aliphatic rings. The van der Waals surface area contributed by atoms with Gasteiger partial charge in [-0.1, -0.05) is 6.07 Å². The lowest BCUT2D eigenvalue weighted by Gasteiger charge is -2.25. The summed E-state index contributed by atoms with van der Waals surface area (Å²) in [6, 6.07) is 6.03. The first kappa shape index (κ1) is 13.5. The number of likely N-dealkylation sites (N-methyl/N-ethyl adjacent to an activating group) is 1. The molecule has 0 unspecified atom stereocenters. The van der Waals surface area contributed by atoms with E-state index in [1.165, 1.54) is 0 Å². The maximum Gasteiger partial charge on any atom is 0.242 e. The highest BCUT2D eigenvalue weighted by Gasteiger charge is 2.25. The average molecular weight is 260 g/mol. The van der Waals surface area contributed by atoms with Crippen LogP contribution in [-0.4, -0.2) is 32.9 Å². The van der Waals surface area contributed by atoms with Gasteiger partial charge in [-0.3, -0.25) is 4.79 Å². The minimum atomic E-state index is -0.843. The average Bonchev–Trinajstić information content (AvgIpc) is 2.68. The molecule has 2 rings (SSSR count). The van der Waals surface area contributed by atoms with Crippen molar-refractivity contribution in [3.63, 3.8) is 0 Å². The number of rotatable bonds is 3. The molecule has 5 nitrogen and oxygen atoms in total. The van der Waals surface area contributed by atoms with Gasteiger partial charge in [-0.05, 0) is 31.5 Å². The molecule has 0 saturated carbocycles. The molecule has 2 aromatic rings. The maximum atomic E-state index is 12.0. The molecule has 0 atom stereocenters. The number of amides is 1. The van der Waals surface area contributed by atoms with E-state index in [2.05, 4.69) is 4.98 Å². The molecule has 0 aliphatic heterocycles. The Kier molecular flexibility index (Phi) is 3.32. The molecular formula is C14H20N4O. The third-order valence-corrected chi connectivity index (χ3v) is 3.11. The number of aromatic nitrogens is 2. The monoisotopic (exact) mass is 260 g/mol. The summed E-state index contributed by atoms with van der Waals surface area (Å²) in [6.07, 6.45) is 1.78. The van der Waals surface area contributed by atoms with Gasteiger partial charge in [0.25, 0.3) is 0 Å². The summed E-state index contributed by atoms with van der Waals surface area (Å²) in [5, 5.41) is 0. The van der Waals surface area contributed by atoms with Crippen LogP contribution in [0.4, 0.5) is 0 Å². The Morgan fingerprint density at radius 1 is 1.47 bits per heavy atom. The second-order valence-corrected chi connectivity index (χ2v) is 5.56. The topological polar surface area (TPSA) is 64.2 Å². The predicted molar refractivity (Wildman–Crippen MR) is 75.5 cm³/mol. The minimum Gasteiger partial charge on any atom is -0.340 e. The van der Waals surface area contributed by atoms with Gasteiger partial charge in [-0.15, -0.1) is 0 Å². The van der Waals surface area contributed by atoms with E-state index in [0.29, 0.717) is 6.54 Å². The van der Waals surface area contributed by atoms with E-state index in [4.69, 9.17) is 5.73 Å². The van der Waals surface area contributed by atoms with Crippen molar-refractivity contribution in [2.45, 2.75) is 25.9 Å². The van der Waals surface area contributed by atoms with Crippen molar-refractivity contribution in [3.05, 3.63) is 30.1 Å². The number of aryl methyl sites for hydroxylation is 1. The molecule has 1 amide bonds. The van der Waals surface area contributed by atoms with Crippen LogP contribution in [0.1, 0.15) is 19.4 Å². The third kappa shape index (κ3) is 2.76. The first-order valence-electron chi connectivity index (χ1n) is 6.23. The first-order valence-corrected chi connectivity index (χ1v) is 6.23. The van der Waals surface area contributed by atoms with Crippen LogP contribution in [0.5, 0.6) is 0 Å². The largest absolute Gasteiger partial charge is 0.340 e. The fraction of sp³-hybridized carbons (Fsp3) is 0.429. The standard InChI is InChI=1S/C14H20N4O/c1-14(2,15)13(19)17(3)8-10-5-6-12-11(7-10)16-9-18(12)4/h5-7,9H,8,15H2,1-4H3. The number of fused-ring (bicyclic) bond motifs is 1. The normalized spacial score (nSPS) is 11.8. The van der Waals surface area contributed by atoms with Crippen LogP contribution in [-0.2, 0) is 18.4 Å². The lowest BCUT2D eigenvalue weighted by atomic mass is 10.1. The summed E-state index contributed by atoms with van der Waals surface area (Å²) < 4.78 is 1.97. The second-order valence-electron chi connectivity index (χ2n) is 5.56. The quantitative estimate of drug-likeness (QED) is 0.904. The summed E-state index contributed by atoms with van der Waals surface area (Å²) in [7, 11) is 3.72. The van der Waals surface area contributed by atoms with E-state index in [-0.39, 0.29) is 5.91 Å². The third-order valence-electron chi connectivity index (χ3n) is 3.11. The highest BCUT2D eigenvalue weighted by Crippen LogP contribution is 2.15. The minimum absolute atomic E-state index is 0.0754. The molecule has 102 valence electrons. The van der Waals surface area contributed by atoms with Crippen molar-refractivity contribution >= 4 is 16.9 Å². The van der Waals surface area contributed by atoms with Gasteiger partial charge < -0.3 is 15.2 Å². The van der Waals surface area contributed by atoms with Gasteiger partial charge in [0.05, 0.1) is 22.9 Å². The fourth-order valence-corrected chi connectivity index (χ4v) is 2.12. The summed E-state index contributed by atoms with van der Waals surface area (Å²) >= 11 is 0. The lowest BCUT2D eigenvalue weighted by molar-refractivity contribution is -0.134. The first-order chi connectivity index (χ1) is 8.79. The Balaban J connectivity index is 2.19. The Morgan fingerprint density at radius 3 is 2.79 bits per heavy atom. The molecule has 0 saturated heterocycles. The van der Waals surface area contributed by atoms with Gasteiger partial charge in [0.1, 0.15) is 0 Å². The van der Waals surface area contributed by atoms with Crippen molar-refractivity contribution in [2.24, 2.45) is 12.8 Å². The Morgan fingerprint density at radius 2 is 2.16 bits per heavy atom. The number of carbonyl (C=O) groups excluding carboxylic acids is 1. The molecule has 1 aromatic heterocycles. The Hall–Kier alpha value is -1.88. The zero-order valence-corrected chi connectivity index (χ0v) is 11.8. The van der Waals surface area contributed by atoms with E-state index < -0.39 is 5.54 Å². The highest BCUT2D eigenvalue weighted by atomic mass is 16.2. The number of nitrogens with two attached hydrogens (primary N) is 1. The second kappa shape index (κ2) is 4.66. The van der Waals surface area contributed by atoms with Crippen molar-refractivity contribution in [2.75, 3.05) is 7.05 Å². The van der Waals surface area contributed by atoms with Crippen LogP contribution in [0.2, 0.25) is 0 Å². The predicted octanol–water partition coefficient (Wildman–Crippen LogP) is 1.27. The molecule has 1 aromatic carbocycles. The number of carbonyl (C=O) groups is 1. The van der Waals surface area contributed by atoms with Gasteiger partial charge in [0.15, 0.2) is 0 Å². The molecule has 19 heavy (non-hydrogen) atoms. The molecule has 1 heterocycles. The lowest BCUT2D eigenvalue weighted by Crippen LogP contribution is -2.49. The highest BCUT2D eigenvalue weighted by molar-refractivity contribution is 5.85. The van der Waals surface area contributed by atoms with E-state index in [1.807, 2.05) is 29.8 Å². The van der Waals surface area contributed by atoms with E-state index in [0.717, 1.165) is 16.6 Å². The Labute approximate surface area is 113 Å². The van der Waals surface area contributed by atoms with Crippen LogP contribution in [0.25, 0.3) is 11.0 Å². The smallest absolute Gasteiger partial charge is 0.242 e. The molecule has 0 aliphatic carbocycles. The van der Waals surface area contributed by atoms with Crippen molar-refractivity contribution < 1.29 is 4.79 Å². The van der Waals surface area contributed by atoms with Crippen molar-refractivity contribution in [1.29, 1.82) is 0 Å². The van der Waals surface area contributed by atoms with Crippen LogP contribution in [0.3, 0.4) is 0 Å². The van der Waals surface area contributed by atoms with Crippen LogP contribution in [0, 0.1) is 0 Å². The molecule has 0 radical (unpaired) electrons. The van der Waals surface area contributed by atoms with Crippen molar-refractivity contribution in [1.82, 2.24) is 14.5 Å². The van der Waals surface area contributed by atoms with E-state index in [1.54, 1.807) is 32.1 Å². The molecular weight excluding hydrogens is 240 g/mol. The van der Waals surface area contributed by atoms with E-state index in [9.17, 15) is 4.79 Å². The van der Waals surface area contributed by atoms with Crippen molar-refractivity contribution in [3.8, 4) is 0 Å². The maximum absolute atomic E-state index is 12.0. The van der Waals surface area contributed by atoms with Crippen LogP contribution < -0.4 is 5.73 Å². The summed E-state index contributed by atoms with van der Waals surface area (Å²) in [5.41, 5.74) is 8.04. The van der Waals surface area contributed by atoms with Crippen LogP contribution >= 0.6 is 0 Å². The Bertz CT molecular complexity index is 609. The van der Waals surface area contributed by atoms with Gasteiger partial charge in [-0.2, -0.15) is 0 Å².